The first-order valence-corrected chi connectivity index (χ1v) is 10.1. The number of carbonyl (C=O) groups is 2. The molecule has 0 heterocycles. The van der Waals surface area contributed by atoms with Crippen LogP contribution in [0.5, 0.6) is 0 Å². The first kappa shape index (κ1) is 22.0. The van der Waals surface area contributed by atoms with Crippen LogP contribution in [0.4, 0.5) is 0 Å². The molecular weight excluding hydrogens is 372 g/mol. The minimum Gasteiger partial charge on any atom is -0.354 e. The van der Waals surface area contributed by atoms with Crippen molar-refractivity contribution in [2.24, 2.45) is 5.92 Å². The van der Waals surface area contributed by atoms with Crippen LogP contribution in [0.2, 0.25) is 5.02 Å². The topological polar surface area (TPSA) is 49.4 Å². The van der Waals surface area contributed by atoms with Crippen LogP contribution in [-0.4, -0.2) is 29.3 Å². The van der Waals surface area contributed by atoms with Crippen molar-refractivity contribution < 1.29 is 9.59 Å². The van der Waals surface area contributed by atoms with Crippen LogP contribution < -0.4 is 5.32 Å². The average Bonchev–Trinajstić information content (AvgIpc) is 2.67. The number of carbonyl (C=O) groups excluding carboxylic acids is 2. The lowest BCUT2D eigenvalue weighted by molar-refractivity contribution is -0.141. The van der Waals surface area contributed by atoms with E-state index in [-0.39, 0.29) is 18.2 Å². The maximum absolute atomic E-state index is 13.2. The molecule has 0 radical (unpaired) electrons. The van der Waals surface area contributed by atoms with Crippen LogP contribution in [0.1, 0.15) is 38.3 Å². The molecule has 0 aliphatic heterocycles. The molecule has 0 fully saturated rings. The van der Waals surface area contributed by atoms with Gasteiger partial charge in [-0.25, -0.2) is 0 Å². The van der Waals surface area contributed by atoms with Gasteiger partial charge in [-0.2, -0.15) is 0 Å². The van der Waals surface area contributed by atoms with Gasteiger partial charge in [0.2, 0.25) is 11.8 Å². The Bertz CT molecular complexity index is 777. The molecule has 0 bridgehead atoms. The van der Waals surface area contributed by atoms with Gasteiger partial charge in [-0.15, -0.1) is 0 Å². The first-order chi connectivity index (χ1) is 13.4. The fraction of sp³-hybridized carbons (Fsp3) is 0.391. The van der Waals surface area contributed by atoms with Crippen molar-refractivity contribution in [1.29, 1.82) is 0 Å². The summed E-state index contributed by atoms with van der Waals surface area (Å²) in [5, 5.41) is 3.57. The fourth-order valence-electron chi connectivity index (χ4n) is 3.05. The Morgan fingerprint density at radius 3 is 2.32 bits per heavy atom. The van der Waals surface area contributed by atoms with E-state index >= 15 is 0 Å². The van der Waals surface area contributed by atoms with Crippen LogP contribution in [-0.2, 0) is 22.6 Å². The molecule has 0 saturated heterocycles. The highest BCUT2D eigenvalue weighted by Gasteiger charge is 2.28. The van der Waals surface area contributed by atoms with Gasteiger partial charge in [0.25, 0.3) is 0 Å². The number of hydrogen-bond acceptors (Lipinski definition) is 2. The lowest BCUT2D eigenvalue weighted by Gasteiger charge is -2.31. The maximum Gasteiger partial charge on any atom is 0.242 e. The van der Waals surface area contributed by atoms with E-state index in [4.69, 9.17) is 11.6 Å². The van der Waals surface area contributed by atoms with E-state index in [0.29, 0.717) is 30.5 Å². The third-order valence-corrected chi connectivity index (χ3v) is 4.75. The number of halogens is 1. The molecule has 4 nitrogen and oxygen atoms in total. The van der Waals surface area contributed by atoms with Crippen LogP contribution >= 0.6 is 11.6 Å². The second-order valence-electron chi connectivity index (χ2n) is 7.38. The van der Waals surface area contributed by atoms with Crippen LogP contribution in [0.3, 0.4) is 0 Å². The predicted molar refractivity (Wildman–Crippen MR) is 114 cm³/mol. The molecule has 2 rings (SSSR count). The summed E-state index contributed by atoms with van der Waals surface area (Å²) in [6.07, 6.45) is 0.763. The lowest BCUT2D eigenvalue weighted by Crippen LogP contribution is -2.50. The van der Waals surface area contributed by atoms with Crippen molar-refractivity contribution in [2.75, 3.05) is 6.54 Å². The summed E-state index contributed by atoms with van der Waals surface area (Å²) in [4.78, 5) is 27.7. The van der Waals surface area contributed by atoms with Gasteiger partial charge in [0, 0.05) is 18.1 Å². The highest BCUT2D eigenvalue weighted by molar-refractivity contribution is 6.30. The third kappa shape index (κ3) is 6.68. The molecule has 0 saturated carbocycles. The zero-order chi connectivity index (χ0) is 20.5. The SMILES string of the molecule is CC[C@@H](C(=O)NCC(C)C)N(Cc1ccccc1)C(=O)Cc1cccc(Cl)c1. The summed E-state index contributed by atoms with van der Waals surface area (Å²) in [6, 6.07) is 16.5. The van der Waals surface area contributed by atoms with Crippen LogP contribution in [0.15, 0.2) is 54.6 Å². The van der Waals surface area contributed by atoms with Gasteiger partial charge in [-0.3, -0.25) is 9.59 Å². The second kappa shape index (κ2) is 10.9. The Morgan fingerprint density at radius 2 is 1.71 bits per heavy atom. The highest BCUT2D eigenvalue weighted by Crippen LogP contribution is 2.16. The van der Waals surface area contributed by atoms with Gasteiger partial charge in [0.15, 0.2) is 0 Å². The van der Waals surface area contributed by atoms with Gasteiger partial charge < -0.3 is 10.2 Å². The smallest absolute Gasteiger partial charge is 0.242 e. The molecule has 2 aromatic rings. The number of hydrogen-bond donors (Lipinski definition) is 1. The van der Waals surface area contributed by atoms with Gasteiger partial charge >= 0.3 is 0 Å². The molecule has 0 spiro atoms. The molecule has 1 N–H and O–H groups in total. The largest absolute Gasteiger partial charge is 0.354 e. The molecule has 150 valence electrons. The first-order valence-electron chi connectivity index (χ1n) is 9.76. The van der Waals surface area contributed by atoms with E-state index in [9.17, 15) is 9.59 Å². The zero-order valence-electron chi connectivity index (χ0n) is 16.8. The molecule has 2 amide bonds. The quantitative estimate of drug-likeness (QED) is 0.675. The third-order valence-electron chi connectivity index (χ3n) is 4.51. The van der Waals surface area contributed by atoms with Crippen molar-refractivity contribution in [3.8, 4) is 0 Å². The summed E-state index contributed by atoms with van der Waals surface area (Å²) >= 11 is 6.06. The van der Waals surface area contributed by atoms with E-state index in [0.717, 1.165) is 11.1 Å². The van der Waals surface area contributed by atoms with Gasteiger partial charge in [-0.05, 0) is 35.6 Å². The van der Waals surface area contributed by atoms with Gasteiger partial charge in [0.05, 0.1) is 6.42 Å². The van der Waals surface area contributed by atoms with Gasteiger partial charge in [-0.1, -0.05) is 74.8 Å². The standard InChI is InChI=1S/C23H29ClN2O2/c1-4-21(23(28)25-15-17(2)3)26(16-18-9-6-5-7-10-18)22(27)14-19-11-8-12-20(24)13-19/h5-13,17,21H,4,14-16H2,1-3H3,(H,25,28)/t21-/m0/s1. The Hall–Kier alpha value is -2.33. The average molecular weight is 401 g/mol. The summed E-state index contributed by atoms with van der Waals surface area (Å²) in [5.74, 6) is 0.162. The number of nitrogens with one attached hydrogen (secondary N) is 1. The molecule has 0 aromatic heterocycles. The fourth-order valence-corrected chi connectivity index (χ4v) is 3.26. The summed E-state index contributed by atoms with van der Waals surface area (Å²) in [5.41, 5.74) is 1.84. The normalized spacial score (nSPS) is 11.9. The molecule has 0 aliphatic carbocycles. The molecule has 28 heavy (non-hydrogen) atoms. The molecule has 1 atom stereocenters. The Labute approximate surface area is 172 Å². The van der Waals surface area contributed by atoms with Crippen LogP contribution in [0, 0.1) is 5.92 Å². The van der Waals surface area contributed by atoms with Crippen molar-refractivity contribution in [3.63, 3.8) is 0 Å². The molecular formula is C23H29ClN2O2. The zero-order valence-corrected chi connectivity index (χ0v) is 17.6. The Morgan fingerprint density at radius 1 is 1.04 bits per heavy atom. The monoisotopic (exact) mass is 400 g/mol. The molecule has 2 aromatic carbocycles. The molecule has 0 aliphatic rings. The van der Waals surface area contributed by atoms with Gasteiger partial charge in [0.1, 0.15) is 6.04 Å². The second-order valence-corrected chi connectivity index (χ2v) is 7.81. The van der Waals surface area contributed by atoms with Crippen LogP contribution in [0.25, 0.3) is 0 Å². The molecule has 0 unspecified atom stereocenters. The summed E-state index contributed by atoms with van der Waals surface area (Å²) in [7, 11) is 0. The Kier molecular flexibility index (Phi) is 8.52. The number of amides is 2. The van der Waals surface area contributed by atoms with E-state index < -0.39 is 6.04 Å². The van der Waals surface area contributed by atoms with Crippen molar-refractivity contribution in [2.45, 2.75) is 46.2 Å². The predicted octanol–water partition coefficient (Wildman–Crippen LogP) is 4.46. The number of benzene rings is 2. The molecule has 5 heteroatoms. The highest BCUT2D eigenvalue weighted by atomic mass is 35.5. The maximum atomic E-state index is 13.2. The number of nitrogens with zero attached hydrogens (tertiary/aromatic N) is 1. The Balaban J connectivity index is 2.23. The van der Waals surface area contributed by atoms with Crippen molar-refractivity contribution in [3.05, 3.63) is 70.7 Å². The van der Waals surface area contributed by atoms with E-state index in [1.165, 1.54) is 0 Å². The summed E-state index contributed by atoms with van der Waals surface area (Å²) < 4.78 is 0. The minimum absolute atomic E-state index is 0.0855. The lowest BCUT2D eigenvalue weighted by atomic mass is 10.1. The van der Waals surface area contributed by atoms with E-state index in [2.05, 4.69) is 5.32 Å². The number of rotatable bonds is 9. The van der Waals surface area contributed by atoms with E-state index in [1.54, 1.807) is 17.0 Å². The van der Waals surface area contributed by atoms with E-state index in [1.807, 2.05) is 63.2 Å². The summed E-state index contributed by atoms with van der Waals surface area (Å²) in [6.45, 7) is 7.02. The van der Waals surface area contributed by atoms with Crippen molar-refractivity contribution >= 4 is 23.4 Å². The van der Waals surface area contributed by atoms with Crippen molar-refractivity contribution in [1.82, 2.24) is 10.2 Å². The minimum atomic E-state index is -0.509.